The van der Waals surface area contributed by atoms with E-state index in [0.29, 0.717) is 29.8 Å². The van der Waals surface area contributed by atoms with Crippen molar-refractivity contribution in [3.05, 3.63) is 24.5 Å². The second kappa shape index (κ2) is 5.39. The number of hydrogen-bond acceptors (Lipinski definition) is 5. The van der Waals surface area contributed by atoms with Crippen molar-refractivity contribution in [1.82, 2.24) is 14.8 Å². The van der Waals surface area contributed by atoms with Crippen LogP contribution in [0.4, 0.5) is 5.69 Å². The molecule has 6 nitrogen and oxygen atoms in total. The third-order valence-corrected chi connectivity index (χ3v) is 2.23. The molecule has 0 saturated heterocycles. The Hall–Kier alpha value is -2.24. The standard InChI is InChI=1S/C12H16N4O2/c1-3-6-17-11-7-9(4-5-10(11)13)18-12-14-8-16(2)15-12/h4-5,7-8H,3,6,13H2,1-2H3. The van der Waals surface area contributed by atoms with E-state index in [-0.39, 0.29) is 0 Å². The molecule has 0 unspecified atom stereocenters. The van der Waals surface area contributed by atoms with Gasteiger partial charge in [0, 0.05) is 13.1 Å². The molecular weight excluding hydrogens is 232 g/mol. The molecule has 2 aromatic rings. The number of hydrogen-bond donors (Lipinski definition) is 1. The van der Waals surface area contributed by atoms with E-state index >= 15 is 0 Å². The van der Waals surface area contributed by atoms with E-state index in [1.54, 1.807) is 36.3 Å². The van der Waals surface area contributed by atoms with Crippen LogP contribution in [0, 0.1) is 0 Å². The lowest BCUT2D eigenvalue weighted by Crippen LogP contribution is -1.99. The van der Waals surface area contributed by atoms with Gasteiger partial charge in [-0.25, -0.2) is 0 Å². The summed E-state index contributed by atoms with van der Waals surface area (Å²) in [5, 5.41) is 4.03. The summed E-state index contributed by atoms with van der Waals surface area (Å²) in [7, 11) is 1.78. The normalized spacial score (nSPS) is 10.3. The van der Waals surface area contributed by atoms with Gasteiger partial charge in [-0.15, -0.1) is 5.10 Å². The van der Waals surface area contributed by atoms with Crippen LogP contribution in [0.15, 0.2) is 24.5 Å². The average molecular weight is 248 g/mol. The van der Waals surface area contributed by atoms with Crippen LogP contribution in [0.3, 0.4) is 0 Å². The highest BCUT2D eigenvalue weighted by Crippen LogP contribution is 2.28. The zero-order valence-corrected chi connectivity index (χ0v) is 10.5. The highest BCUT2D eigenvalue weighted by molar-refractivity contribution is 5.55. The molecule has 1 heterocycles. The molecule has 0 amide bonds. The Kier molecular flexibility index (Phi) is 3.66. The van der Waals surface area contributed by atoms with Crippen LogP contribution < -0.4 is 15.2 Å². The van der Waals surface area contributed by atoms with Gasteiger partial charge in [0.25, 0.3) is 0 Å². The van der Waals surface area contributed by atoms with Gasteiger partial charge >= 0.3 is 6.01 Å². The molecule has 0 aliphatic heterocycles. The fraction of sp³-hybridized carbons (Fsp3) is 0.333. The topological polar surface area (TPSA) is 75.2 Å². The lowest BCUT2D eigenvalue weighted by atomic mass is 10.3. The fourth-order valence-corrected chi connectivity index (χ4v) is 1.39. The molecule has 2 N–H and O–H groups in total. The van der Waals surface area contributed by atoms with Crippen molar-refractivity contribution in [2.24, 2.45) is 7.05 Å². The number of ether oxygens (including phenoxy) is 2. The van der Waals surface area contributed by atoms with Crippen LogP contribution >= 0.6 is 0 Å². The summed E-state index contributed by atoms with van der Waals surface area (Å²) >= 11 is 0. The SMILES string of the molecule is CCCOc1cc(Oc2ncn(C)n2)ccc1N. The number of rotatable bonds is 5. The first kappa shape index (κ1) is 12.2. The predicted molar refractivity (Wildman–Crippen MR) is 67.7 cm³/mol. The van der Waals surface area contributed by atoms with Crippen molar-refractivity contribution in [1.29, 1.82) is 0 Å². The van der Waals surface area contributed by atoms with Gasteiger partial charge in [0.2, 0.25) is 0 Å². The summed E-state index contributed by atoms with van der Waals surface area (Å²) in [5.41, 5.74) is 6.40. The molecule has 0 atom stereocenters. The van der Waals surface area contributed by atoms with Gasteiger partial charge in [0.05, 0.1) is 12.3 Å². The molecule has 0 radical (unpaired) electrons. The van der Waals surface area contributed by atoms with Crippen LogP contribution in [0.25, 0.3) is 0 Å². The molecule has 0 aliphatic rings. The molecule has 0 spiro atoms. The van der Waals surface area contributed by atoms with Gasteiger partial charge in [0.1, 0.15) is 17.8 Å². The minimum absolute atomic E-state index is 0.295. The molecule has 0 saturated carbocycles. The van der Waals surface area contributed by atoms with Crippen LogP contribution in [0.1, 0.15) is 13.3 Å². The molecule has 2 rings (SSSR count). The van der Waals surface area contributed by atoms with E-state index in [1.165, 1.54) is 0 Å². The highest BCUT2D eigenvalue weighted by Gasteiger charge is 2.06. The molecule has 0 fully saturated rings. The second-order valence-corrected chi connectivity index (χ2v) is 3.85. The number of aromatic nitrogens is 3. The molecule has 1 aromatic heterocycles. The van der Waals surface area contributed by atoms with E-state index in [0.717, 1.165) is 6.42 Å². The summed E-state index contributed by atoms with van der Waals surface area (Å²) in [6.07, 6.45) is 2.49. The van der Waals surface area contributed by atoms with Crippen molar-refractivity contribution in [3.8, 4) is 17.5 Å². The molecule has 6 heteroatoms. The first-order valence-corrected chi connectivity index (χ1v) is 5.75. The number of aryl methyl sites for hydroxylation is 1. The zero-order chi connectivity index (χ0) is 13.0. The third-order valence-electron chi connectivity index (χ3n) is 2.23. The number of benzene rings is 1. The maximum Gasteiger partial charge on any atom is 0.340 e. The molecule has 96 valence electrons. The molecule has 18 heavy (non-hydrogen) atoms. The zero-order valence-electron chi connectivity index (χ0n) is 10.5. The van der Waals surface area contributed by atoms with E-state index in [4.69, 9.17) is 15.2 Å². The molecular formula is C12H16N4O2. The Morgan fingerprint density at radius 2 is 2.22 bits per heavy atom. The minimum atomic E-state index is 0.295. The summed E-state index contributed by atoms with van der Waals surface area (Å²) in [6, 6.07) is 5.53. The first-order chi connectivity index (χ1) is 8.69. The van der Waals surface area contributed by atoms with Gasteiger partial charge in [0.15, 0.2) is 0 Å². The summed E-state index contributed by atoms with van der Waals surface area (Å²) in [5.74, 6) is 1.21. The Morgan fingerprint density at radius 3 is 2.89 bits per heavy atom. The first-order valence-electron chi connectivity index (χ1n) is 5.75. The molecule has 0 bridgehead atoms. The third kappa shape index (κ3) is 2.91. The van der Waals surface area contributed by atoms with Crippen molar-refractivity contribution in [2.45, 2.75) is 13.3 Å². The maximum absolute atomic E-state index is 5.81. The van der Waals surface area contributed by atoms with Crippen LogP contribution in [0.2, 0.25) is 0 Å². The van der Waals surface area contributed by atoms with E-state index < -0.39 is 0 Å². The Balaban J connectivity index is 2.13. The minimum Gasteiger partial charge on any atom is -0.491 e. The summed E-state index contributed by atoms with van der Waals surface area (Å²) < 4.78 is 12.6. The number of anilines is 1. The van der Waals surface area contributed by atoms with Crippen LogP contribution in [-0.2, 0) is 7.05 Å². The maximum atomic E-state index is 5.81. The quantitative estimate of drug-likeness (QED) is 0.819. The number of nitrogen functional groups attached to an aromatic ring is 1. The van der Waals surface area contributed by atoms with Gasteiger partial charge < -0.3 is 15.2 Å². The van der Waals surface area contributed by atoms with Crippen molar-refractivity contribution >= 4 is 5.69 Å². The van der Waals surface area contributed by atoms with Crippen LogP contribution in [-0.4, -0.2) is 21.4 Å². The van der Waals surface area contributed by atoms with Gasteiger partial charge in [-0.3, -0.25) is 4.68 Å². The fourth-order valence-electron chi connectivity index (χ4n) is 1.39. The summed E-state index contributed by atoms with van der Waals surface area (Å²) in [6.45, 7) is 2.66. The number of nitrogens with zero attached hydrogens (tertiary/aromatic N) is 3. The van der Waals surface area contributed by atoms with Gasteiger partial charge in [-0.1, -0.05) is 6.92 Å². The second-order valence-electron chi connectivity index (χ2n) is 3.85. The van der Waals surface area contributed by atoms with E-state index in [9.17, 15) is 0 Å². The van der Waals surface area contributed by atoms with Crippen LogP contribution in [0.5, 0.6) is 17.5 Å². The smallest absolute Gasteiger partial charge is 0.340 e. The van der Waals surface area contributed by atoms with E-state index in [1.807, 2.05) is 6.92 Å². The predicted octanol–water partition coefficient (Wildman–Crippen LogP) is 1.98. The summed E-state index contributed by atoms with van der Waals surface area (Å²) in [4.78, 5) is 3.98. The Morgan fingerprint density at radius 1 is 1.39 bits per heavy atom. The Labute approximate surface area is 105 Å². The number of nitrogens with two attached hydrogens (primary N) is 1. The lowest BCUT2D eigenvalue weighted by molar-refractivity contribution is 0.317. The average Bonchev–Trinajstić information content (AvgIpc) is 2.75. The molecule has 0 aliphatic carbocycles. The highest BCUT2D eigenvalue weighted by atomic mass is 16.5. The monoisotopic (exact) mass is 248 g/mol. The Bertz CT molecular complexity index is 525. The van der Waals surface area contributed by atoms with Crippen molar-refractivity contribution < 1.29 is 9.47 Å². The van der Waals surface area contributed by atoms with Crippen molar-refractivity contribution in [3.63, 3.8) is 0 Å². The van der Waals surface area contributed by atoms with Gasteiger partial charge in [-0.05, 0) is 18.6 Å². The lowest BCUT2D eigenvalue weighted by Gasteiger charge is -2.09. The molecule has 1 aromatic carbocycles. The van der Waals surface area contributed by atoms with Crippen molar-refractivity contribution in [2.75, 3.05) is 12.3 Å². The largest absolute Gasteiger partial charge is 0.491 e. The van der Waals surface area contributed by atoms with Gasteiger partial charge in [-0.2, -0.15) is 4.98 Å². The van der Waals surface area contributed by atoms with E-state index in [2.05, 4.69) is 10.1 Å².